The van der Waals surface area contributed by atoms with E-state index >= 15 is 0 Å². The Morgan fingerprint density at radius 3 is 2.73 bits per heavy atom. The van der Waals surface area contributed by atoms with Gasteiger partial charge in [0.15, 0.2) is 10.8 Å². The van der Waals surface area contributed by atoms with E-state index in [0.717, 1.165) is 20.4 Å². The molecule has 0 fully saturated rings. The maximum Gasteiger partial charge on any atom is 0.359 e. The van der Waals surface area contributed by atoms with Gasteiger partial charge in [0.1, 0.15) is 4.21 Å². The van der Waals surface area contributed by atoms with Crippen LogP contribution in [0.1, 0.15) is 23.0 Å². The summed E-state index contributed by atoms with van der Waals surface area (Å²) in [7, 11) is 0. The first-order valence-electron chi connectivity index (χ1n) is 8.01. The Bertz CT molecular complexity index is 913. The fourth-order valence-corrected chi connectivity index (χ4v) is 4.59. The lowest BCUT2D eigenvalue weighted by Gasteiger charge is -2.06. The molecule has 0 saturated carbocycles. The summed E-state index contributed by atoms with van der Waals surface area (Å²) in [6.45, 7) is 4.06. The van der Waals surface area contributed by atoms with Crippen LogP contribution in [0.15, 0.2) is 57.6 Å². The van der Waals surface area contributed by atoms with Gasteiger partial charge in [-0.1, -0.05) is 52.9 Å². The van der Waals surface area contributed by atoms with E-state index in [1.807, 2.05) is 55.5 Å². The number of ether oxygens (including phenoxy) is 1. The van der Waals surface area contributed by atoms with E-state index in [9.17, 15) is 4.79 Å². The van der Waals surface area contributed by atoms with Crippen molar-refractivity contribution >= 4 is 51.5 Å². The third-order valence-corrected chi connectivity index (χ3v) is 5.84. The van der Waals surface area contributed by atoms with E-state index in [0.29, 0.717) is 22.5 Å². The Labute approximate surface area is 165 Å². The first kappa shape index (κ1) is 18.8. The molecule has 2 aromatic carbocycles. The molecule has 4 nitrogen and oxygen atoms in total. The highest BCUT2D eigenvalue weighted by Gasteiger charge is 2.21. The van der Waals surface area contributed by atoms with Crippen LogP contribution in [0.5, 0.6) is 0 Å². The van der Waals surface area contributed by atoms with Gasteiger partial charge in [-0.25, -0.2) is 9.78 Å². The number of carbonyl (C=O) groups excluding carboxylic acids is 1. The van der Waals surface area contributed by atoms with Crippen LogP contribution in [-0.4, -0.2) is 17.6 Å². The zero-order valence-corrected chi connectivity index (χ0v) is 16.7. The minimum Gasteiger partial charge on any atom is -0.461 e. The molecular formula is C19H17ClN2O2S2. The van der Waals surface area contributed by atoms with Crippen LogP contribution in [-0.2, 0) is 4.74 Å². The van der Waals surface area contributed by atoms with Crippen molar-refractivity contribution in [3.63, 3.8) is 0 Å². The molecule has 3 aromatic rings. The summed E-state index contributed by atoms with van der Waals surface area (Å²) < 4.78 is 5.95. The van der Waals surface area contributed by atoms with E-state index in [1.54, 1.807) is 6.92 Å². The predicted molar refractivity (Wildman–Crippen MR) is 108 cm³/mol. The number of hydrogen-bond acceptors (Lipinski definition) is 6. The summed E-state index contributed by atoms with van der Waals surface area (Å²) in [5, 5.41) is 4.59. The van der Waals surface area contributed by atoms with E-state index in [-0.39, 0.29) is 0 Å². The van der Waals surface area contributed by atoms with Gasteiger partial charge in [0, 0.05) is 15.6 Å². The second kappa shape index (κ2) is 8.58. The van der Waals surface area contributed by atoms with E-state index in [2.05, 4.69) is 10.3 Å². The zero-order chi connectivity index (χ0) is 18.5. The van der Waals surface area contributed by atoms with Crippen molar-refractivity contribution in [1.82, 2.24) is 4.98 Å². The molecule has 0 unspecified atom stereocenters. The topological polar surface area (TPSA) is 51.2 Å². The lowest BCUT2D eigenvalue weighted by molar-refractivity contribution is 0.0516. The second-order valence-electron chi connectivity index (χ2n) is 5.37. The molecule has 1 heterocycles. The summed E-state index contributed by atoms with van der Waals surface area (Å²) in [5.74, 6) is -0.414. The average Bonchev–Trinajstić information content (AvgIpc) is 3.01. The Morgan fingerprint density at radius 1 is 1.27 bits per heavy atom. The highest BCUT2D eigenvalue weighted by Crippen LogP contribution is 2.38. The average molecular weight is 405 g/mol. The number of esters is 1. The summed E-state index contributed by atoms with van der Waals surface area (Å²) in [5.41, 5.74) is 2.23. The lowest BCUT2D eigenvalue weighted by Crippen LogP contribution is -2.06. The number of carbonyl (C=O) groups is 1. The van der Waals surface area contributed by atoms with Crippen LogP contribution in [0.4, 0.5) is 10.8 Å². The summed E-state index contributed by atoms with van der Waals surface area (Å²) in [6.07, 6.45) is 0. The molecular weight excluding hydrogens is 388 g/mol. The van der Waals surface area contributed by atoms with Crippen molar-refractivity contribution in [1.29, 1.82) is 0 Å². The van der Waals surface area contributed by atoms with Gasteiger partial charge in [-0.15, -0.1) is 0 Å². The molecule has 0 saturated heterocycles. The van der Waals surface area contributed by atoms with Gasteiger partial charge in [0.25, 0.3) is 0 Å². The lowest BCUT2D eigenvalue weighted by atomic mass is 10.2. The Balaban J connectivity index is 1.91. The first-order valence-corrected chi connectivity index (χ1v) is 10.0. The fourth-order valence-electron chi connectivity index (χ4n) is 2.24. The van der Waals surface area contributed by atoms with E-state index in [1.165, 1.54) is 23.1 Å². The van der Waals surface area contributed by atoms with Gasteiger partial charge in [-0.3, -0.25) is 0 Å². The molecule has 3 rings (SSSR count). The first-order chi connectivity index (χ1) is 12.6. The number of hydrogen-bond donors (Lipinski definition) is 1. The minimum atomic E-state index is -0.414. The van der Waals surface area contributed by atoms with Crippen LogP contribution < -0.4 is 5.32 Å². The van der Waals surface area contributed by atoms with Crippen molar-refractivity contribution < 1.29 is 9.53 Å². The quantitative estimate of drug-likeness (QED) is 0.497. The van der Waals surface area contributed by atoms with Gasteiger partial charge in [0.2, 0.25) is 0 Å². The molecule has 26 heavy (non-hydrogen) atoms. The number of nitrogens with one attached hydrogen (secondary N) is 1. The summed E-state index contributed by atoms with van der Waals surface area (Å²) >= 11 is 8.93. The number of benzene rings is 2. The van der Waals surface area contributed by atoms with Crippen LogP contribution in [0.3, 0.4) is 0 Å². The Kier molecular flexibility index (Phi) is 6.19. The SMILES string of the molecule is CCOC(=O)c1nc(Nc2ccc(Cl)cc2C)sc1Sc1ccccc1. The van der Waals surface area contributed by atoms with Gasteiger partial charge >= 0.3 is 5.97 Å². The van der Waals surface area contributed by atoms with E-state index in [4.69, 9.17) is 16.3 Å². The highest BCUT2D eigenvalue weighted by molar-refractivity contribution is 8.01. The number of anilines is 2. The van der Waals surface area contributed by atoms with Gasteiger partial charge in [-0.05, 0) is 49.7 Å². The Hall–Kier alpha value is -2.02. The van der Waals surface area contributed by atoms with Crippen LogP contribution >= 0.6 is 34.7 Å². The Morgan fingerprint density at radius 2 is 2.04 bits per heavy atom. The van der Waals surface area contributed by atoms with Crippen molar-refractivity contribution in [3.8, 4) is 0 Å². The number of halogens is 1. The van der Waals surface area contributed by atoms with Gasteiger partial charge < -0.3 is 10.1 Å². The molecule has 1 N–H and O–H groups in total. The third-order valence-electron chi connectivity index (χ3n) is 3.45. The molecule has 0 bridgehead atoms. The molecule has 7 heteroatoms. The van der Waals surface area contributed by atoms with Crippen molar-refractivity contribution in [2.45, 2.75) is 23.0 Å². The van der Waals surface area contributed by atoms with Crippen LogP contribution in [0.25, 0.3) is 0 Å². The maximum absolute atomic E-state index is 12.3. The number of aryl methyl sites for hydroxylation is 1. The van der Waals surface area contributed by atoms with E-state index < -0.39 is 5.97 Å². The van der Waals surface area contributed by atoms with Crippen LogP contribution in [0.2, 0.25) is 5.02 Å². The monoisotopic (exact) mass is 404 g/mol. The van der Waals surface area contributed by atoms with Gasteiger partial charge in [-0.2, -0.15) is 0 Å². The predicted octanol–water partition coefficient (Wildman–Crippen LogP) is 6.18. The second-order valence-corrected chi connectivity index (χ2v) is 8.15. The molecule has 134 valence electrons. The number of rotatable bonds is 6. The molecule has 0 aliphatic carbocycles. The molecule has 0 atom stereocenters. The molecule has 0 amide bonds. The highest BCUT2D eigenvalue weighted by atomic mass is 35.5. The molecule has 0 aliphatic heterocycles. The number of thiazole rings is 1. The summed E-state index contributed by atoms with van der Waals surface area (Å²) in [6, 6.07) is 15.5. The molecule has 1 aromatic heterocycles. The maximum atomic E-state index is 12.3. The standard InChI is InChI=1S/C19H17ClN2O2S2/c1-3-24-17(23)16-18(25-14-7-5-4-6-8-14)26-19(22-16)21-15-10-9-13(20)11-12(15)2/h4-11H,3H2,1-2H3,(H,21,22). The van der Waals surface area contributed by atoms with Crippen molar-refractivity contribution in [2.24, 2.45) is 0 Å². The normalized spacial score (nSPS) is 10.6. The molecule has 0 spiro atoms. The summed E-state index contributed by atoms with van der Waals surface area (Å²) in [4.78, 5) is 17.8. The van der Waals surface area contributed by atoms with Crippen LogP contribution in [0, 0.1) is 6.92 Å². The van der Waals surface area contributed by atoms with Crippen molar-refractivity contribution in [3.05, 3.63) is 64.8 Å². The zero-order valence-electron chi connectivity index (χ0n) is 14.3. The fraction of sp³-hybridized carbons (Fsp3) is 0.158. The van der Waals surface area contributed by atoms with Gasteiger partial charge in [0.05, 0.1) is 6.61 Å². The largest absolute Gasteiger partial charge is 0.461 e. The number of aromatic nitrogens is 1. The minimum absolute atomic E-state index is 0.310. The molecule has 0 aliphatic rings. The smallest absolute Gasteiger partial charge is 0.359 e. The number of nitrogens with zero attached hydrogens (tertiary/aromatic N) is 1. The third kappa shape index (κ3) is 4.58. The molecule has 0 radical (unpaired) electrons. The van der Waals surface area contributed by atoms with Crippen molar-refractivity contribution in [2.75, 3.05) is 11.9 Å².